The molecule has 0 saturated heterocycles. The first-order valence-corrected chi connectivity index (χ1v) is 5.66. The molecule has 0 radical (unpaired) electrons. The van der Waals surface area contributed by atoms with Gasteiger partial charge < -0.3 is 0 Å². The van der Waals surface area contributed by atoms with Gasteiger partial charge in [0.15, 0.2) is 3.01 Å². The fourth-order valence-electron chi connectivity index (χ4n) is 0.870. The van der Waals surface area contributed by atoms with Gasteiger partial charge in [0.2, 0.25) is 0 Å². The summed E-state index contributed by atoms with van der Waals surface area (Å²) in [6.45, 7) is 0. The maximum absolute atomic E-state index is 4.34. The first-order chi connectivity index (χ1) is 5.25. The summed E-state index contributed by atoms with van der Waals surface area (Å²) < 4.78 is 3.45. The molecule has 11 heavy (non-hydrogen) atoms. The van der Waals surface area contributed by atoms with Crippen molar-refractivity contribution in [1.82, 2.24) is 4.98 Å². The van der Waals surface area contributed by atoms with Crippen molar-refractivity contribution in [2.24, 2.45) is 0 Å². The Bertz CT molecular complexity index is 398. The minimum absolute atomic E-state index is 1.09. The molecule has 0 spiro atoms. The first-order valence-electron chi connectivity index (χ1n) is 2.97. The van der Waals surface area contributed by atoms with Crippen LogP contribution in [-0.4, -0.2) is 4.98 Å². The highest BCUT2D eigenvalue weighted by molar-refractivity contribution is 14.1. The van der Waals surface area contributed by atoms with Crippen LogP contribution in [0.4, 0.5) is 0 Å². The van der Waals surface area contributed by atoms with Crippen LogP contribution < -0.4 is 0 Å². The van der Waals surface area contributed by atoms with Gasteiger partial charge in [0.25, 0.3) is 0 Å². The Kier molecular flexibility index (Phi) is 2.16. The average molecular weight is 340 g/mol. The number of fused-ring (bicyclic) bond motifs is 1. The second-order valence-electron chi connectivity index (χ2n) is 2.08. The fraction of sp³-hybridized carbons (Fsp3) is 0. The average Bonchev–Trinajstić information content (AvgIpc) is 2.27. The molecular formula is C7H3BrINS. The number of thiazole rings is 1. The summed E-state index contributed by atoms with van der Waals surface area (Å²) in [6.07, 6.45) is 0. The van der Waals surface area contributed by atoms with Crippen molar-refractivity contribution in [3.05, 3.63) is 25.7 Å². The van der Waals surface area contributed by atoms with Crippen LogP contribution in [0, 0.1) is 3.01 Å². The smallest absolute Gasteiger partial charge is 0.155 e. The molecule has 0 aliphatic heterocycles. The van der Waals surface area contributed by atoms with E-state index in [0.717, 1.165) is 13.0 Å². The van der Waals surface area contributed by atoms with Crippen molar-refractivity contribution in [3.63, 3.8) is 0 Å². The van der Waals surface area contributed by atoms with Crippen LogP contribution >= 0.6 is 49.9 Å². The van der Waals surface area contributed by atoms with E-state index in [0.29, 0.717) is 0 Å². The molecule has 1 heterocycles. The number of hydrogen-bond acceptors (Lipinski definition) is 2. The highest BCUT2D eigenvalue weighted by Gasteiger charge is 1.99. The van der Waals surface area contributed by atoms with E-state index in [1.54, 1.807) is 11.3 Å². The Morgan fingerprint density at radius 3 is 3.09 bits per heavy atom. The van der Waals surface area contributed by atoms with E-state index in [1.807, 2.05) is 12.1 Å². The standard InChI is InChI=1S/C7H3BrINS/c8-4-1-2-5-6(3-4)11-7(9)10-5/h1-3H. The molecule has 2 rings (SSSR count). The minimum atomic E-state index is 1.09. The van der Waals surface area contributed by atoms with Crippen LogP contribution in [-0.2, 0) is 0 Å². The largest absolute Gasteiger partial charge is 0.230 e. The Hall–Kier alpha value is 0.320. The maximum atomic E-state index is 4.34. The van der Waals surface area contributed by atoms with Crippen molar-refractivity contribution in [2.75, 3.05) is 0 Å². The third-order valence-corrected chi connectivity index (χ3v) is 3.53. The van der Waals surface area contributed by atoms with Gasteiger partial charge in [0, 0.05) is 4.47 Å². The van der Waals surface area contributed by atoms with Crippen molar-refractivity contribution in [2.45, 2.75) is 0 Å². The van der Waals surface area contributed by atoms with Crippen molar-refractivity contribution in [1.29, 1.82) is 0 Å². The highest BCUT2D eigenvalue weighted by Crippen LogP contribution is 2.25. The Morgan fingerprint density at radius 1 is 1.45 bits per heavy atom. The summed E-state index contributed by atoms with van der Waals surface area (Å²) in [4.78, 5) is 4.34. The van der Waals surface area contributed by atoms with Crippen LogP contribution in [0.1, 0.15) is 0 Å². The van der Waals surface area contributed by atoms with Gasteiger partial charge in [-0.3, -0.25) is 0 Å². The molecule has 0 atom stereocenters. The minimum Gasteiger partial charge on any atom is -0.230 e. The van der Waals surface area contributed by atoms with Gasteiger partial charge in [-0.15, -0.1) is 11.3 Å². The van der Waals surface area contributed by atoms with E-state index in [2.05, 4.69) is 49.6 Å². The summed E-state index contributed by atoms with van der Waals surface area (Å²) in [7, 11) is 0. The Morgan fingerprint density at radius 2 is 2.27 bits per heavy atom. The molecular weight excluding hydrogens is 337 g/mol. The zero-order valence-electron chi connectivity index (χ0n) is 5.34. The molecule has 0 bridgehead atoms. The predicted molar refractivity (Wildman–Crippen MR) is 60.0 cm³/mol. The summed E-state index contributed by atoms with van der Waals surface area (Å²) in [5, 5.41) is 0. The SMILES string of the molecule is Brc1ccc2nc(I)sc2c1. The van der Waals surface area contributed by atoms with Gasteiger partial charge in [-0.05, 0) is 40.8 Å². The topological polar surface area (TPSA) is 12.9 Å². The van der Waals surface area contributed by atoms with E-state index in [4.69, 9.17) is 0 Å². The molecule has 0 N–H and O–H groups in total. The predicted octanol–water partition coefficient (Wildman–Crippen LogP) is 3.66. The van der Waals surface area contributed by atoms with E-state index in [9.17, 15) is 0 Å². The van der Waals surface area contributed by atoms with Gasteiger partial charge in [0.05, 0.1) is 10.2 Å². The molecule has 0 aliphatic rings. The lowest BCUT2D eigenvalue weighted by Crippen LogP contribution is -1.67. The second kappa shape index (κ2) is 2.99. The normalized spacial score (nSPS) is 10.7. The van der Waals surface area contributed by atoms with E-state index < -0.39 is 0 Å². The number of rotatable bonds is 0. The van der Waals surface area contributed by atoms with Crippen molar-refractivity contribution >= 4 is 60.1 Å². The van der Waals surface area contributed by atoms with Crippen LogP contribution in [0.25, 0.3) is 10.2 Å². The number of halogens is 2. The second-order valence-corrected chi connectivity index (χ2v) is 5.78. The lowest BCUT2D eigenvalue weighted by molar-refractivity contribution is 1.44. The van der Waals surface area contributed by atoms with Gasteiger partial charge in [-0.2, -0.15) is 0 Å². The van der Waals surface area contributed by atoms with E-state index >= 15 is 0 Å². The molecule has 0 unspecified atom stereocenters. The number of aromatic nitrogens is 1. The Labute approximate surface area is 90.1 Å². The third kappa shape index (κ3) is 1.57. The zero-order valence-corrected chi connectivity index (χ0v) is 9.90. The number of benzene rings is 1. The summed E-state index contributed by atoms with van der Waals surface area (Å²) in [6, 6.07) is 6.13. The zero-order chi connectivity index (χ0) is 7.84. The van der Waals surface area contributed by atoms with Crippen molar-refractivity contribution < 1.29 is 0 Å². The Balaban J connectivity index is 2.82. The van der Waals surface area contributed by atoms with Gasteiger partial charge in [0.1, 0.15) is 0 Å². The molecule has 1 aromatic heterocycles. The molecule has 1 nitrogen and oxygen atoms in total. The van der Waals surface area contributed by atoms with Crippen LogP contribution in [0.3, 0.4) is 0 Å². The molecule has 1 aromatic carbocycles. The summed E-state index contributed by atoms with van der Waals surface area (Å²) in [5.74, 6) is 0. The van der Waals surface area contributed by atoms with Crippen LogP contribution in [0.5, 0.6) is 0 Å². The lowest BCUT2D eigenvalue weighted by atomic mass is 10.3. The van der Waals surface area contributed by atoms with E-state index in [1.165, 1.54) is 4.70 Å². The molecule has 4 heteroatoms. The van der Waals surface area contributed by atoms with E-state index in [-0.39, 0.29) is 0 Å². The van der Waals surface area contributed by atoms with Gasteiger partial charge in [-0.1, -0.05) is 15.9 Å². The third-order valence-electron chi connectivity index (χ3n) is 1.32. The van der Waals surface area contributed by atoms with Crippen LogP contribution in [0.2, 0.25) is 0 Å². The number of nitrogens with zero attached hydrogens (tertiary/aromatic N) is 1. The molecule has 2 aromatic rings. The summed E-state index contributed by atoms with van der Waals surface area (Å²) in [5.41, 5.74) is 1.09. The molecule has 0 fully saturated rings. The monoisotopic (exact) mass is 339 g/mol. The fourth-order valence-corrected chi connectivity index (χ4v) is 3.08. The summed E-state index contributed by atoms with van der Waals surface area (Å²) >= 11 is 7.37. The molecule has 56 valence electrons. The van der Waals surface area contributed by atoms with Gasteiger partial charge >= 0.3 is 0 Å². The van der Waals surface area contributed by atoms with Gasteiger partial charge in [-0.25, -0.2) is 4.98 Å². The highest BCUT2D eigenvalue weighted by atomic mass is 127. The lowest BCUT2D eigenvalue weighted by Gasteiger charge is -1.86. The quantitative estimate of drug-likeness (QED) is 0.667. The van der Waals surface area contributed by atoms with Crippen molar-refractivity contribution in [3.8, 4) is 0 Å². The van der Waals surface area contributed by atoms with Crippen LogP contribution in [0.15, 0.2) is 22.7 Å². The maximum Gasteiger partial charge on any atom is 0.155 e. The molecule has 0 amide bonds. The molecule has 0 saturated carbocycles. The number of hydrogen-bond donors (Lipinski definition) is 0. The molecule has 0 aliphatic carbocycles. The first kappa shape index (κ1) is 7.94.